The molecule has 142 valence electrons. The Hall–Kier alpha value is -4.36. The lowest BCUT2D eigenvalue weighted by Crippen LogP contribution is -2.11. The first-order valence-corrected chi connectivity index (χ1v) is 9.44. The van der Waals surface area contributed by atoms with Gasteiger partial charge in [0.2, 0.25) is 0 Å². The van der Waals surface area contributed by atoms with Crippen LogP contribution in [0.25, 0.3) is 44.3 Å². The zero-order valence-electron chi connectivity index (χ0n) is 15.9. The summed E-state index contributed by atoms with van der Waals surface area (Å²) in [6.45, 7) is 0. The zero-order valence-corrected chi connectivity index (χ0v) is 15.9. The van der Waals surface area contributed by atoms with E-state index in [-0.39, 0.29) is 0 Å². The average Bonchev–Trinajstić information content (AvgIpc) is 2.82. The maximum Gasteiger partial charge on any atom is 0.171 e. The van der Waals surface area contributed by atoms with Crippen LogP contribution in [0.3, 0.4) is 0 Å². The van der Waals surface area contributed by atoms with Crippen LogP contribution in [0.1, 0.15) is 5.56 Å². The quantitative estimate of drug-likeness (QED) is 0.244. The van der Waals surface area contributed by atoms with Crippen molar-refractivity contribution in [3.8, 4) is 34.9 Å². The van der Waals surface area contributed by atoms with Crippen LogP contribution in [0.15, 0.2) is 94.6 Å². The lowest BCUT2D eigenvalue weighted by atomic mass is 10.0. The van der Waals surface area contributed by atoms with Gasteiger partial charge in [-0.05, 0) is 40.8 Å². The number of hydrogen-bond donors (Lipinski definition) is 1. The summed E-state index contributed by atoms with van der Waals surface area (Å²) in [4.78, 5) is 4.59. The summed E-state index contributed by atoms with van der Waals surface area (Å²) < 4.78 is 6.08. The van der Waals surface area contributed by atoms with Crippen LogP contribution in [0.4, 0.5) is 0 Å². The topological polar surface area (TPSA) is 58.6 Å². The Morgan fingerprint density at radius 3 is 2.47 bits per heavy atom. The van der Waals surface area contributed by atoms with E-state index >= 15 is 0 Å². The van der Waals surface area contributed by atoms with E-state index < -0.39 is 0 Å². The predicted octanol–water partition coefficient (Wildman–Crippen LogP) is 5.59. The Morgan fingerprint density at radius 1 is 0.867 bits per heavy atom. The lowest BCUT2D eigenvalue weighted by Gasteiger charge is -2.09. The Labute approximate surface area is 172 Å². The van der Waals surface area contributed by atoms with Gasteiger partial charge in [-0.15, -0.1) is 6.42 Å². The van der Waals surface area contributed by atoms with Crippen molar-refractivity contribution in [3.63, 3.8) is 0 Å². The normalized spacial score (nSPS) is 11.6. The van der Waals surface area contributed by atoms with Crippen molar-refractivity contribution in [2.24, 2.45) is 5.16 Å². The van der Waals surface area contributed by atoms with Crippen LogP contribution < -0.4 is 5.36 Å². The third-order valence-corrected chi connectivity index (χ3v) is 5.12. The Bertz CT molecular complexity index is 1510. The minimum Gasteiger partial charge on any atom is -0.453 e. The number of hydrogen-bond acceptors (Lipinski definition) is 4. The van der Waals surface area contributed by atoms with Gasteiger partial charge in [0.15, 0.2) is 5.76 Å². The van der Waals surface area contributed by atoms with Crippen LogP contribution in [0.2, 0.25) is 0 Å². The van der Waals surface area contributed by atoms with E-state index in [2.05, 4.69) is 46.4 Å². The van der Waals surface area contributed by atoms with Gasteiger partial charge in [-0.25, -0.2) is 0 Å². The number of nitrogens with zero attached hydrogens (tertiary/aromatic N) is 2. The van der Waals surface area contributed by atoms with E-state index in [0.29, 0.717) is 33.3 Å². The largest absolute Gasteiger partial charge is 0.453 e. The molecule has 2 aromatic heterocycles. The summed E-state index contributed by atoms with van der Waals surface area (Å²) in [6.07, 6.45) is 7.55. The maximum absolute atomic E-state index is 9.60. The van der Waals surface area contributed by atoms with E-state index in [9.17, 15) is 5.21 Å². The number of fused-ring (bicyclic) bond motifs is 2. The molecular formula is C26H16N2O2. The van der Waals surface area contributed by atoms with Crippen molar-refractivity contribution in [2.45, 2.75) is 0 Å². The molecule has 0 saturated heterocycles. The average molecular weight is 388 g/mol. The fraction of sp³-hybridized carbons (Fsp3) is 0. The first kappa shape index (κ1) is 17.7. The minimum atomic E-state index is 0.302. The Balaban J connectivity index is 1.70. The molecule has 3 aromatic carbocycles. The third kappa shape index (κ3) is 2.90. The molecule has 1 N–H and O–H groups in total. The standard InChI is InChI=1S/C26H16N2O2/c1-2-21-25(28-29)22-10-6-7-11-24(22)30-26(21)23-15-19-13-12-18(14-20(19)16-27-23)17-8-4-3-5-9-17/h1,3-16,29H. The second-order valence-corrected chi connectivity index (χ2v) is 6.89. The molecule has 0 aliphatic heterocycles. The second-order valence-electron chi connectivity index (χ2n) is 6.89. The number of pyridine rings is 1. The molecule has 0 amide bonds. The molecule has 30 heavy (non-hydrogen) atoms. The highest BCUT2D eigenvalue weighted by molar-refractivity contribution is 5.90. The van der Waals surface area contributed by atoms with Crippen molar-refractivity contribution in [1.29, 1.82) is 0 Å². The van der Waals surface area contributed by atoms with Crippen molar-refractivity contribution in [1.82, 2.24) is 4.98 Å². The van der Waals surface area contributed by atoms with E-state index in [0.717, 1.165) is 21.9 Å². The van der Waals surface area contributed by atoms with Gasteiger partial charge in [0.05, 0.1) is 5.56 Å². The van der Waals surface area contributed by atoms with Gasteiger partial charge in [0.1, 0.15) is 16.6 Å². The molecule has 0 fully saturated rings. The van der Waals surface area contributed by atoms with Gasteiger partial charge in [-0.3, -0.25) is 4.98 Å². The molecule has 0 aliphatic rings. The summed E-state index contributed by atoms with van der Waals surface area (Å²) in [5.74, 6) is 3.00. The molecule has 0 atom stereocenters. The van der Waals surface area contributed by atoms with E-state index in [4.69, 9.17) is 10.8 Å². The van der Waals surface area contributed by atoms with Crippen molar-refractivity contribution < 1.29 is 9.62 Å². The summed E-state index contributed by atoms with van der Waals surface area (Å²) in [5.41, 5.74) is 3.79. The molecule has 0 bridgehead atoms. The molecule has 0 saturated carbocycles. The highest BCUT2D eigenvalue weighted by Crippen LogP contribution is 2.29. The van der Waals surface area contributed by atoms with Crippen LogP contribution in [0, 0.1) is 12.3 Å². The van der Waals surface area contributed by atoms with Crippen molar-refractivity contribution in [2.75, 3.05) is 0 Å². The lowest BCUT2D eigenvalue weighted by molar-refractivity contribution is 0.302. The number of benzene rings is 3. The number of aromatic nitrogens is 1. The predicted molar refractivity (Wildman–Crippen MR) is 118 cm³/mol. The van der Waals surface area contributed by atoms with E-state index in [1.165, 1.54) is 0 Å². The molecule has 0 spiro atoms. The van der Waals surface area contributed by atoms with Gasteiger partial charge in [0.25, 0.3) is 0 Å². The van der Waals surface area contributed by atoms with Gasteiger partial charge in [-0.2, -0.15) is 0 Å². The summed E-state index contributed by atoms with van der Waals surface area (Å²) in [7, 11) is 0. The maximum atomic E-state index is 9.60. The summed E-state index contributed by atoms with van der Waals surface area (Å²) >= 11 is 0. The molecule has 0 radical (unpaired) electrons. The molecule has 5 aromatic rings. The van der Waals surface area contributed by atoms with Crippen molar-refractivity contribution >= 4 is 21.7 Å². The SMILES string of the molecule is C#Cc1c(-c2cc3ccc(-c4ccccc4)cc3cn2)oc2ccccc2c1=NO. The Kier molecular flexibility index (Phi) is 4.27. The summed E-state index contributed by atoms with van der Waals surface area (Å²) in [5, 5.41) is 16.0. The smallest absolute Gasteiger partial charge is 0.171 e. The first-order chi connectivity index (χ1) is 14.8. The van der Waals surface area contributed by atoms with E-state index in [1.54, 1.807) is 18.3 Å². The molecule has 4 heteroatoms. The third-order valence-electron chi connectivity index (χ3n) is 5.12. The zero-order chi connectivity index (χ0) is 20.5. The fourth-order valence-electron chi connectivity index (χ4n) is 3.65. The molecule has 2 heterocycles. The molecule has 0 aliphatic carbocycles. The van der Waals surface area contributed by atoms with Gasteiger partial charge in [0, 0.05) is 17.0 Å². The minimum absolute atomic E-state index is 0.302. The van der Waals surface area contributed by atoms with E-state index in [1.807, 2.05) is 36.4 Å². The van der Waals surface area contributed by atoms with Crippen LogP contribution in [-0.2, 0) is 0 Å². The highest BCUT2D eigenvalue weighted by Gasteiger charge is 2.15. The molecule has 4 nitrogen and oxygen atoms in total. The number of para-hydroxylation sites is 1. The molecule has 5 rings (SSSR count). The second kappa shape index (κ2) is 7.23. The monoisotopic (exact) mass is 388 g/mol. The fourth-order valence-corrected chi connectivity index (χ4v) is 3.65. The van der Waals surface area contributed by atoms with Crippen molar-refractivity contribution in [3.05, 3.63) is 96.0 Å². The van der Waals surface area contributed by atoms with Crippen LogP contribution in [0.5, 0.6) is 0 Å². The van der Waals surface area contributed by atoms with Crippen LogP contribution >= 0.6 is 0 Å². The Morgan fingerprint density at radius 2 is 1.67 bits per heavy atom. The first-order valence-electron chi connectivity index (χ1n) is 9.44. The highest BCUT2D eigenvalue weighted by atomic mass is 16.4. The van der Waals surface area contributed by atoms with Gasteiger partial charge >= 0.3 is 0 Å². The summed E-state index contributed by atoms with van der Waals surface area (Å²) in [6, 6.07) is 25.7. The van der Waals surface area contributed by atoms with Gasteiger partial charge in [-0.1, -0.05) is 65.7 Å². The van der Waals surface area contributed by atoms with Crippen LogP contribution in [-0.4, -0.2) is 10.2 Å². The molecule has 0 unspecified atom stereocenters. The molecular weight excluding hydrogens is 372 g/mol. The van der Waals surface area contributed by atoms with Gasteiger partial charge < -0.3 is 9.62 Å². The number of rotatable bonds is 2. The number of terminal acetylenes is 1.